The third-order valence-corrected chi connectivity index (χ3v) is 3.00. The van der Waals surface area contributed by atoms with E-state index in [0.29, 0.717) is 29.8 Å². The van der Waals surface area contributed by atoms with Crippen molar-refractivity contribution in [1.29, 1.82) is 0 Å². The van der Waals surface area contributed by atoms with E-state index in [-0.39, 0.29) is 5.69 Å². The standard InChI is InChI=1S/C13H11N5O3/c19-18(20)11-4-3-10(13-9(11)2-1-6-15-13)14-7-5-12-16-8-17-21-12/h1-4,6,8,14H,5,7H2. The van der Waals surface area contributed by atoms with Gasteiger partial charge in [0.1, 0.15) is 5.52 Å². The van der Waals surface area contributed by atoms with Gasteiger partial charge in [-0.3, -0.25) is 15.1 Å². The average molecular weight is 285 g/mol. The number of nitro groups is 1. The van der Waals surface area contributed by atoms with Crippen LogP contribution in [0.1, 0.15) is 5.89 Å². The topological polar surface area (TPSA) is 107 Å². The minimum Gasteiger partial charge on any atom is -0.383 e. The summed E-state index contributed by atoms with van der Waals surface area (Å²) in [5, 5.41) is 18.2. The highest BCUT2D eigenvalue weighted by Gasteiger charge is 2.14. The van der Waals surface area contributed by atoms with Gasteiger partial charge in [-0.1, -0.05) is 5.16 Å². The third kappa shape index (κ3) is 2.64. The maximum Gasteiger partial charge on any atom is 0.278 e. The largest absolute Gasteiger partial charge is 0.383 e. The first-order valence-electron chi connectivity index (χ1n) is 6.27. The first-order valence-corrected chi connectivity index (χ1v) is 6.27. The Hall–Kier alpha value is -3.03. The normalized spacial score (nSPS) is 10.7. The highest BCUT2D eigenvalue weighted by Crippen LogP contribution is 2.29. The van der Waals surface area contributed by atoms with Crippen LogP contribution in [0.4, 0.5) is 11.4 Å². The summed E-state index contributed by atoms with van der Waals surface area (Å²) in [4.78, 5) is 18.8. The minimum absolute atomic E-state index is 0.0422. The molecule has 0 spiro atoms. The second-order valence-electron chi connectivity index (χ2n) is 4.30. The number of anilines is 1. The molecule has 8 heteroatoms. The van der Waals surface area contributed by atoms with Gasteiger partial charge >= 0.3 is 0 Å². The molecule has 0 saturated carbocycles. The highest BCUT2D eigenvalue weighted by molar-refractivity contribution is 5.96. The molecule has 1 aromatic carbocycles. The van der Waals surface area contributed by atoms with Crippen molar-refractivity contribution < 1.29 is 9.45 Å². The Balaban J connectivity index is 1.85. The zero-order valence-corrected chi connectivity index (χ0v) is 10.9. The molecule has 0 atom stereocenters. The maximum atomic E-state index is 11.0. The Bertz CT molecular complexity index is 773. The van der Waals surface area contributed by atoms with Crippen molar-refractivity contribution in [2.24, 2.45) is 0 Å². The molecule has 0 aliphatic heterocycles. The number of nitrogens with one attached hydrogen (secondary N) is 1. The number of nitro benzene ring substituents is 1. The first-order chi connectivity index (χ1) is 10.3. The summed E-state index contributed by atoms with van der Waals surface area (Å²) >= 11 is 0. The second-order valence-corrected chi connectivity index (χ2v) is 4.30. The van der Waals surface area contributed by atoms with Crippen molar-refractivity contribution in [3.05, 3.63) is 52.8 Å². The van der Waals surface area contributed by atoms with Crippen molar-refractivity contribution in [1.82, 2.24) is 15.1 Å². The quantitative estimate of drug-likeness (QED) is 0.565. The zero-order chi connectivity index (χ0) is 14.7. The van der Waals surface area contributed by atoms with Gasteiger partial charge in [0, 0.05) is 25.2 Å². The van der Waals surface area contributed by atoms with Crippen molar-refractivity contribution in [3.63, 3.8) is 0 Å². The Morgan fingerprint density at radius 2 is 2.19 bits per heavy atom. The highest BCUT2D eigenvalue weighted by atomic mass is 16.6. The van der Waals surface area contributed by atoms with Crippen molar-refractivity contribution in [2.45, 2.75) is 6.42 Å². The fraction of sp³-hybridized carbons (Fsp3) is 0.154. The molecule has 1 N–H and O–H groups in total. The van der Waals surface area contributed by atoms with Crippen LogP contribution in [0.2, 0.25) is 0 Å². The van der Waals surface area contributed by atoms with E-state index in [1.165, 1.54) is 12.4 Å². The van der Waals surface area contributed by atoms with Gasteiger partial charge in [0.05, 0.1) is 16.0 Å². The average Bonchev–Trinajstić information content (AvgIpc) is 3.00. The SMILES string of the molecule is O=[N+]([O-])c1ccc(NCCc2ncno2)c2ncccc12. The van der Waals surface area contributed by atoms with E-state index in [4.69, 9.17) is 4.52 Å². The predicted molar refractivity (Wildman–Crippen MR) is 74.9 cm³/mol. The van der Waals surface area contributed by atoms with E-state index < -0.39 is 4.92 Å². The van der Waals surface area contributed by atoms with Crippen LogP contribution < -0.4 is 5.32 Å². The molecule has 0 radical (unpaired) electrons. The molecule has 0 fully saturated rings. The van der Waals surface area contributed by atoms with E-state index in [1.807, 2.05) is 0 Å². The van der Waals surface area contributed by atoms with E-state index in [0.717, 1.165) is 5.69 Å². The molecular weight excluding hydrogens is 274 g/mol. The number of pyridine rings is 1. The van der Waals surface area contributed by atoms with Gasteiger partial charge in [0.15, 0.2) is 6.33 Å². The van der Waals surface area contributed by atoms with Gasteiger partial charge in [-0.15, -0.1) is 0 Å². The summed E-state index contributed by atoms with van der Waals surface area (Å²) in [6.07, 6.45) is 3.51. The number of rotatable bonds is 5. The molecule has 2 aromatic heterocycles. The van der Waals surface area contributed by atoms with Crippen LogP contribution in [0, 0.1) is 10.1 Å². The molecule has 0 bridgehead atoms. The first kappa shape index (κ1) is 13.0. The Labute approximate surface area is 119 Å². The fourth-order valence-corrected chi connectivity index (χ4v) is 2.07. The molecule has 0 unspecified atom stereocenters. The van der Waals surface area contributed by atoms with Crippen molar-refractivity contribution in [2.75, 3.05) is 11.9 Å². The number of hydrogen-bond acceptors (Lipinski definition) is 7. The lowest BCUT2D eigenvalue weighted by molar-refractivity contribution is -0.383. The number of benzene rings is 1. The van der Waals surface area contributed by atoms with E-state index in [9.17, 15) is 10.1 Å². The lowest BCUT2D eigenvalue weighted by atomic mass is 10.1. The summed E-state index contributed by atoms with van der Waals surface area (Å²) in [7, 11) is 0. The molecule has 0 amide bonds. The molecule has 8 nitrogen and oxygen atoms in total. The van der Waals surface area contributed by atoms with Gasteiger partial charge < -0.3 is 9.84 Å². The Morgan fingerprint density at radius 3 is 2.95 bits per heavy atom. The van der Waals surface area contributed by atoms with E-state index in [2.05, 4.69) is 20.4 Å². The number of nitrogens with zero attached hydrogens (tertiary/aromatic N) is 4. The Kier molecular flexibility index (Phi) is 3.42. The molecule has 2 heterocycles. The smallest absolute Gasteiger partial charge is 0.278 e. The Morgan fingerprint density at radius 1 is 1.29 bits per heavy atom. The summed E-state index contributed by atoms with van der Waals surface area (Å²) in [5.41, 5.74) is 1.34. The van der Waals surface area contributed by atoms with Crippen molar-refractivity contribution in [3.8, 4) is 0 Å². The van der Waals surface area contributed by atoms with Crippen LogP contribution in [0.5, 0.6) is 0 Å². The van der Waals surface area contributed by atoms with E-state index in [1.54, 1.807) is 24.4 Å². The fourth-order valence-electron chi connectivity index (χ4n) is 2.07. The molecule has 0 aliphatic rings. The van der Waals surface area contributed by atoms with Crippen molar-refractivity contribution >= 4 is 22.3 Å². The monoisotopic (exact) mass is 285 g/mol. The van der Waals surface area contributed by atoms with Gasteiger partial charge in [-0.25, -0.2) is 0 Å². The minimum atomic E-state index is -0.410. The number of fused-ring (bicyclic) bond motifs is 1. The molecule has 0 saturated heterocycles. The second kappa shape index (κ2) is 5.53. The number of aromatic nitrogens is 3. The number of hydrogen-bond donors (Lipinski definition) is 1. The van der Waals surface area contributed by atoms with Gasteiger partial charge in [-0.05, 0) is 18.2 Å². The predicted octanol–water partition coefficient (Wildman–Crippen LogP) is 2.18. The third-order valence-electron chi connectivity index (χ3n) is 3.00. The molecule has 21 heavy (non-hydrogen) atoms. The van der Waals surface area contributed by atoms with Crippen LogP contribution in [0.15, 0.2) is 41.3 Å². The summed E-state index contributed by atoms with van der Waals surface area (Å²) < 4.78 is 4.90. The molecule has 3 rings (SSSR count). The number of non-ortho nitro benzene ring substituents is 1. The summed E-state index contributed by atoms with van der Waals surface area (Å²) in [5.74, 6) is 0.529. The van der Waals surface area contributed by atoms with Crippen LogP contribution in [0.3, 0.4) is 0 Å². The molecular formula is C13H11N5O3. The van der Waals surface area contributed by atoms with Crippen LogP contribution in [-0.2, 0) is 6.42 Å². The zero-order valence-electron chi connectivity index (χ0n) is 10.9. The van der Waals surface area contributed by atoms with Crippen LogP contribution >= 0.6 is 0 Å². The molecule has 106 valence electrons. The molecule has 0 aliphatic carbocycles. The van der Waals surface area contributed by atoms with Gasteiger partial charge in [-0.2, -0.15) is 4.98 Å². The van der Waals surface area contributed by atoms with Gasteiger partial charge in [0.2, 0.25) is 5.89 Å². The van der Waals surface area contributed by atoms with Gasteiger partial charge in [0.25, 0.3) is 5.69 Å². The van der Waals surface area contributed by atoms with Crippen LogP contribution in [0.25, 0.3) is 10.9 Å². The maximum absolute atomic E-state index is 11.0. The van der Waals surface area contributed by atoms with E-state index >= 15 is 0 Å². The lowest BCUT2D eigenvalue weighted by Crippen LogP contribution is -2.06. The molecule has 3 aromatic rings. The lowest BCUT2D eigenvalue weighted by Gasteiger charge is -2.08. The van der Waals surface area contributed by atoms with Crippen LogP contribution in [-0.4, -0.2) is 26.6 Å². The summed E-state index contributed by atoms with van der Waals surface area (Å²) in [6.45, 7) is 0.561. The summed E-state index contributed by atoms with van der Waals surface area (Å²) in [6, 6.07) is 6.49.